The Balaban J connectivity index is 1.46. The first-order valence-electron chi connectivity index (χ1n) is 8.93. The lowest BCUT2D eigenvalue weighted by Gasteiger charge is -2.35. The van der Waals surface area contributed by atoms with Gasteiger partial charge in [-0.25, -0.2) is 4.98 Å². The standard InChI is InChI=1S/C20H24N4O3/c1-27-16-6-4-15(5-7-16)3-2-11-24-12-8-17(19(25)14-24)23-20(26)18-13-21-9-10-22-18/h2-7,9-10,13,17,19,25H,8,11-12,14H2,1H3,(H,23,26)/b3-2+/t17-,19-/m1/s1. The molecule has 0 aliphatic carbocycles. The van der Waals surface area contributed by atoms with Crippen molar-refractivity contribution in [1.82, 2.24) is 20.2 Å². The molecule has 2 aromatic rings. The summed E-state index contributed by atoms with van der Waals surface area (Å²) in [7, 11) is 1.65. The molecule has 1 aromatic heterocycles. The van der Waals surface area contributed by atoms with Gasteiger partial charge in [0, 0.05) is 32.0 Å². The molecular formula is C20H24N4O3. The van der Waals surface area contributed by atoms with Gasteiger partial charge < -0.3 is 15.2 Å². The molecule has 2 atom stereocenters. The minimum Gasteiger partial charge on any atom is -0.497 e. The van der Waals surface area contributed by atoms with Gasteiger partial charge in [-0.3, -0.25) is 14.7 Å². The Morgan fingerprint density at radius 3 is 2.85 bits per heavy atom. The molecule has 7 heteroatoms. The first-order valence-corrected chi connectivity index (χ1v) is 8.93. The number of nitrogens with zero attached hydrogens (tertiary/aromatic N) is 3. The summed E-state index contributed by atoms with van der Waals surface area (Å²) in [6, 6.07) is 7.57. The number of aromatic nitrogens is 2. The number of aliphatic hydroxyl groups excluding tert-OH is 1. The van der Waals surface area contributed by atoms with E-state index in [2.05, 4.69) is 26.3 Å². The van der Waals surface area contributed by atoms with Gasteiger partial charge in [0.05, 0.1) is 25.5 Å². The number of carbonyl (C=O) groups excluding carboxylic acids is 1. The Morgan fingerprint density at radius 2 is 2.19 bits per heavy atom. The predicted molar refractivity (Wildman–Crippen MR) is 102 cm³/mol. The van der Waals surface area contributed by atoms with Crippen LogP contribution in [0.15, 0.2) is 48.9 Å². The van der Waals surface area contributed by atoms with Gasteiger partial charge in [-0.05, 0) is 24.1 Å². The van der Waals surface area contributed by atoms with Gasteiger partial charge in [0.25, 0.3) is 5.91 Å². The van der Waals surface area contributed by atoms with Gasteiger partial charge in [-0.1, -0.05) is 24.3 Å². The van der Waals surface area contributed by atoms with Crippen LogP contribution in [0.4, 0.5) is 0 Å². The lowest BCUT2D eigenvalue weighted by atomic mass is 10.0. The topological polar surface area (TPSA) is 87.6 Å². The smallest absolute Gasteiger partial charge is 0.271 e. The van der Waals surface area contributed by atoms with Crippen LogP contribution in [-0.4, -0.2) is 64.8 Å². The molecule has 142 valence electrons. The van der Waals surface area contributed by atoms with E-state index in [0.717, 1.165) is 24.4 Å². The minimum absolute atomic E-state index is 0.259. The second-order valence-corrected chi connectivity index (χ2v) is 6.46. The molecule has 1 saturated heterocycles. The maximum atomic E-state index is 12.2. The molecule has 2 heterocycles. The summed E-state index contributed by atoms with van der Waals surface area (Å²) in [6.07, 6.45) is 8.60. The van der Waals surface area contributed by atoms with Gasteiger partial charge in [-0.15, -0.1) is 0 Å². The van der Waals surface area contributed by atoms with Crippen LogP contribution >= 0.6 is 0 Å². The molecule has 0 radical (unpaired) electrons. The zero-order chi connectivity index (χ0) is 19.1. The van der Waals surface area contributed by atoms with Crippen LogP contribution < -0.4 is 10.1 Å². The molecule has 0 spiro atoms. The van der Waals surface area contributed by atoms with E-state index in [0.29, 0.717) is 13.0 Å². The van der Waals surface area contributed by atoms with E-state index in [1.165, 1.54) is 18.6 Å². The first-order chi connectivity index (χ1) is 13.2. The van der Waals surface area contributed by atoms with Crippen molar-refractivity contribution in [3.8, 4) is 5.75 Å². The molecule has 0 unspecified atom stereocenters. The Bertz CT molecular complexity index is 765. The Morgan fingerprint density at radius 1 is 1.37 bits per heavy atom. The number of nitrogens with one attached hydrogen (secondary N) is 1. The van der Waals surface area contributed by atoms with Gasteiger partial charge in [-0.2, -0.15) is 0 Å². The molecule has 1 aliphatic heterocycles. The SMILES string of the molecule is COc1ccc(/C=C/CN2CC[C@@H](NC(=O)c3cnccn3)[C@H](O)C2)cc1. The predicted octanol–water partition coefficient (Wildman–Crippen LogP) is 1.36. The second kappa shape index (κ2) is 9.25. The molecule has 1 amide bonds. The second-order valence-electron chi connectivity index (χ2n) is 6.46. The van der Waals surface area contributed by atoms with E-state index >= 15 is 0 Å². The van der Waals surface area contributed by atoms with Gasteiger partial charge >= 0.3 is 0 Å². The number of amides is 1. The Hall–Kier alpha value is -2.77. The monoisotopic (exact) mass is 368 g/mol. The molecule has 1 fully saturated rings. The summed E-state index contributed by atoms with van der Waals surface area (Å²) in [5.41, 5.74) is 1.36. The zero-order valence-corrected chi connectivity index (χ0v) is 15.3. The molecule has 1 aliphatic rings. The van der Waals surface area contributed by atoms with Gasteiger partial charge in [0.15, 0.2) is 0 Å². The fourth-order valence-corrected chi connectivity index (χ4v) is 3.04. The highest BCUT2D eigenvalue weighted by molar-refractivity contribution is 5.92. The van der Waals surface area contributed by atoms with Crippen molar-refractivity contribution in [2.45, 2.75) is 18.6 Å². The molecule has 2 N–H and O–H groups in total. The summed E-state index contributed by atoms with van der Waals surface area (Å²) >= 11 is 0. The van der Waals surface area contributed by atoms with E-state index in [1.54, 1.807) is 7.11 Å². The summed E-state index contributed by atoms with van der Waals surface area (Å²) in [5.74, 6) is 0.529. The number of piperidine rings is 1. The number of benzene rings is 1. The van der Waals surface area contributed by atoms with Gasteiger partial charge in [0.2, 0.25) is 0 Å². The minimum atomic E-state index is -0.617. The fraction of sp³-hybridized carbons (Fsp3) is 0.350. The normalized spacial score (nSPS) is 20.5. The molecule has 3 rings (SSSR count). The van der Waals surface area contributed by atoms with E-state index in [1.807, 2.05) is 30.3 Å². The molecule has 27 heavy (non-hydrogen) atoms. The van der Waals surface area contributed by atoms with Crippen molar-refractivity contribution in [3.05, 3.63) is 60.2 Å². The molecular weight excluding hydrogens is 344 g/mol. The van der Waals surface area contributed by atoms with Crippen molar-refractivity contribution < 1.29 is 14.6 Å². The van der Waals surface area contributed by atoms with E-state index < -0.39 is 6.10 Å². The van der Waals surface area contributed by atoms with Crippen molar-refractivity contribution >= 4 is 12.0 Å². The number of hydrogen-bond acceptors (Lipinski definition) is 6. The van der Waals surface area contributed by atoms with Gasteiger partial charge in [0.1, 0.15) is 11.4 Å². The number of rotatable bonds is 6. The van der Waals surface area contributed by atoms with Crippen LogP contribution in [0.2, 0.25) is 0 Å². The molecule has 0 saturated carbocycles. The number of likely N-dealkylation sites (tertiary alicyclic amines) is 1. The summed E-state index contributed by atoms with van der Waals surface area (Å²) in [4.78, 5) is 22.2. The third kappa shape index (κ3) is 5.35. The van der Waals surface area contributed by atoms with E-state index in [-0.39, 0.29) is 17.6 Å². The van der Waals surface area contributed by atoms with Crippen LogP contribution in [0.25, 0.3) is 6.08 Å². The van der Waals surface area contributed by atoms with E-state index in [9.17, 15) is 9.90 Å². The summed E-state index contributed by atoms with van der Waals surface area (Å²) in [5, 5.41) is 13.2. The van der Waals surface area contributed by atoms with Crippen molar-refractivity contribution in [3.63, 3.8) is 0 Å². The van der Waals surface area contributed by atoms with Crippen LogP contribution in [0.5, 0.6) is 5.75 Å². The van der Waals surface area contributed by atoms with Crippen LogP contribution in [-0.2, 0) is 0 Å². The summed E-state index contributed by atoms with van der Waals surface area (Å²) in [6.45, 7) is 2.06. The highest BCUT2D eigenvalue weighted by Crippen LogP contribution is 2.14. The third-order valence-electron chi connectivity index (χ3n) is 4.57. The highest BCUT2D eigenvalue weighted by atomic mass is 16.5. The number of β-amino-alcohol motifs (C(OH)–C–C–N with tert-alkyl or cyclic N) is 1. The zero-order valence-electron chi connectivity index (χ0n) is 15.3. The largest absolute Gasteiger partial charge is 0.497 e. The van der Waals surface area contributed by atoms with Crippen molar-refractivity contribution in [1.29, 1.82) is 0 Å². The fourth-order valence-electron chi connectivity index (χ4n) is 3.04. The molecule has 7 nitrogen and oxygen atoms in total. The number of aliphatic hydroxyl groups is 1. The average Bonchev–Trinajstić information content (AvgIpc) is 2.71. The number of methoxy groups -OCH3 is 1. The van der Waals surface area contributed by atoms with Crippen LogP contribution in [0, 0.1) is 0 Å². The van der Waals surface area contributed by atoms with Crippen molar-refractivity contribution in [2.24, 2.45) is 0 Å². The lowest BCUT2D eigenvalue weighted by Crippen LogP contribution is -2.54. The highest BCUT2D eigenvalue weighted by Gasteiger charge is 2.28. The maximum absolute atomic E-state index is 12.2. The molecule has 0 bridgehead atoms. The average molecular weight is 368 g/mol. The number of ether oxygens (including phenoxy) is 1. The maximum Gasteiger partial charge on any atom is 0.271 e. The van der Waals surface area contributed by atoms with Crippen LogP contribution in [0.3, 0.4) is 0 Å². The molecule has 1 aromatic carbocycles. The lowest BCUT2D eigenvalue weighted by molar-refractivity contribution is 0.0421. The Kier molecular flexibility index (Phi) is 6.51. The van der Waals surface area contributed by atoms with Crippen LogP contribution in [0.1, 0.15) is 22.5 Å². The summed E-state index contributed by atoms with van der Waals surface area (Å²) < 4.78 is 5.15. The quantitative estimate of drug-likeness (QED) is 0.801. The third-order valence-corrected chi connectivity index (χ3v) is 4.57. The van der Waals surface area contributed by atoms with E-state index in [4.69, 9.17) is 4.74 Å². The number of hydrogen-bond donors (Lipinski definition) is 2. The Labute approximate surface area is 158 Å². The number of carbonyl (C=O) groups is 1. The first kappa shape index (κ1) is 19.0. The van der Waals surface area contributed by atoms with Crippen molar-refractivity contribution in [2.75, 3.05) is 26.7 Å².